The van der Waals surface area contributed by atoms with Gasteiger partial charge in [0.25, 0.3) is 0 Å². The van der Waals surface area contributed by atoms with Crippen LogP contribution >= 0.6 is 23.4 Å². The van der Waals surface area contributed by atoms with Gasteiger partial charge in [-0.1, -0.05) is 48.9 Å². The van der Waals surface area contributed by atoms with Gasteiger partial charge in [-0.3, -0.25) is 9.56 Å². The third-order valence-corrected chi connectivity index (χ3v) is 5.93. The van der Waals surface area contributed by atoms with Crippen LogP contribution < -0.4 is 5.32 Å². The molecule has 0 saturated heterocycles. The number of aromatic nitrogens is 3. The van der Waals surface area contributed by atoms with Gasteiger partial charge < -0.3 is 5.32 Å². The summed E-state index contributed by atoms with van der Waals surface area (Å²) in [5.41, 5.74) is 3.95. The molecule has 0 fully saturated rings. The molecule has 0 saturated carbocycles. The van der Waals surface area contributed by atoms with Crippen molar-refractivity contribution < 1.29 is 0 Å². The summed E-state index contributed by atoms with van der Waals surface area (Å²) in [6.07, 6.45) is 1.84. The molecule has 2 heterocycles. The van der Waals surface area contributed by atoms with Crippen molar-refractivity contribution >= 4 is 29.1 Å². The summed E-state index contributed by atoms with van der Waals surface area (Å²) in [5.74, 6) is 2.65. The molecule has 148 valence electrons. The lowest BCUT2D eigenvalue weighted by atomic mass is 10.00. The van der Waals surface area contributed by atoms with Crippen molar-refractivity contribution in [2.45, 2.75) is 24.9 Å². The molecule has 0 spiro atoms. The fraction of sp³-hybridized carbons (Fsp3) is 0.227. The first kappa shape index (κ1) is 19.9. The molecule has 0 bridgehead atoms. The van der Waals surface area contributed by atoms with E-state index in [0.29, 0.717) is 24.7 Å². The van der Waals surface area contributed by atoms with Crippen molar-refractivity contribution in [2.75, 3.05) is 12.3 Å². The highest BCUT2D eigenvalue weighted by molar-refractivity contribution is 7.99. The number of hydrogen-bond acceptors (Lipinski definition) is 5. The van der Waals surface area contributed by atoms with Gasteiger partial charge in [-0.2, -0.15) is 0 Å². The van der Waals surface area contributed by atoms with Crippen LogP contribution in [0.5, 0.6) is 0 Å². The largest absolute Gasteiger partial charge is 0.306 e. The van der Waals surface area contributed by atoms with E-state index in [4.69, 9.17) is 16.6 Å². The second-order valence-electron chi connectivity index (χ2n) is 6.52. The van der Waals surface area contributed by atoms with E-state index in [9.17, 15) is 0 Å². The molecule has 0 radical (unpaired) electrons. The predicted octanol–water partition coefficient (Wildman–Crippen LogP) is 4.66. The molecular formula is C22H22ClN5S. The van der Waals surface area contributed by atoms with Gasteiger partial charge in [0, 0.05) is 27.6 Å². The molecule has 0 aliphatic carbocycles. The van der Waals surface area contributed by atoms with Crippen LogP contribution in [0, 0.1) is 0 Å². The topological polar surface area (TPSA) is 55.1 Å². The molecule has 7 heteroatoms. The van der Waals surface area contributed by atoms with Crippen molar-refractivity contribution in [3.63, 3.8) is 0 Å². The Balaban J connectivity index is 1.92. The number of fused-ring (bicyclic) bond motifs is 3. The number of thioether (sulfide) groups is 1. The highest BCUT2D eigenvalue weighted by Crippen LogP contribution is 2.34. The Bertz CT molecular complexity index is 1070. The van der Waals surface area contributed by atoms with Gasteiger partial charge in [0.05, 0.1) is 17.9 Å². The fourth-order valence-electron chi connectivity index (χ4n) is 3.46. The maximum Gasteiger partial charge on any atom is 0.159 e. The maximum absolute atomic E-state index is 6.57. The lowest BCUT2D eigenvalue weighted by Crippen LogP contribution is -2.18. The Kier molecular flexibility index (Phi) is 6.13. The van der Waals surface area contributed by atoms with Gasteiger partial charge in [-0.25, -0.2) is 0 Å². The molecule has 29 heavy (non-hydrogen) atoms. The first-order valence-corrected chi connectivity index (χ1v) is 10.9. The molecule has 4 rings (SSSR count). The lowest BCUT2D eigenvalue weighted by molar-refractivity contribution is 0.696. The third kappa shape index (κ3) is 3.88. The fourth-order valence-corrected chi connectivity index (χ4v) is 4.51. The van der Waals surface area contributed by atoms with Crippen molar-refractivity contribution in [2.24, 2.45) is 4.99 Å². The van der Waals surface area contributed by atoms with E-state index in [1.165, 1.54) is 4.90 Å². The maximum atomic E-state index is 6.57. The Morgan fingerprint density at radius 2 is 2.07 bits per heavy atom. The van der Waals surface area contributed by atoms with Crippen molar-refractivity contribution in [1.82, 2.24) is 20.1 Å². The smallest absolute Gasteiger partial charge is 0.159 e. The standard InChI is InChI=1S/C22H22ClN5S/c1-3-12-24-13-19-26-27-20-14-25-22(15-8-5-6-9-16(15)23)21-17(28(19)20)10-7-11-18(21)29-4-2/h3,5-11,24H,1,4,12-14H2,2H3. The Labute approximate surface area is 179 Å². The molecule has 5 nitrogen and oxygen atoms in total. The van der Waals surface area contributed by atoms with Crippen LogP contribution in [0.25, 0.3) is 5.69 Å². The molecular weight excluding hydrogens is 402 g/mol. The summed E-state index contributed by atoms with van der Waals surface area (Å²) in [6, 6.07) is 14.2. The predicted molar refractivity (Wildman–Crippen MR) is 120 cm³/mol. The quantitative estimate of drug-likeness (QED) is 0.341. The van der Waals surface area contributed by atoms with Gasteiger partial charge in [0.15, 0.2) is 11.6 Å². The Morgan fingerprint density at radius 3 is 2.86 bits per heavy atom. The van der Waals surface area contributed by atoms with Crippen LogP contribution in [0.4, 0.5) is 0 Å². The molecule has 1 aliphatic heterocycles. The van der Waals surface area contributed by atoms with Crippen LogP contribution in [0.15, 0.2) is 65.0 Å². The molecule has 0 unspecified atom stereocenters. The van der Waals surface area contributed by atoms with Crippen LogP contribution in [-0.2, 0) is 13.1 Å². The van der Waals surface area contributed by atoms with E-state index < -0.39 is 0 Å². The summed E-state index contributed by atoms with van der Waals surface area (Å²) in [5, 5.41) is 12.9. The van der Waals surface area contributed by atoms with E-state index in [0.717, 1.165) is 39.9 Å². The molecule has 0 atom stereocenters. The molecule has 1 aliphatic rings. The number of benzene rings is 2. The number of hydrogen-bond donors (Lipinski definition) is 1. The van der Waals surface area contributed by atoms with Crippen LogP contribution in [-0.4, -0.2) is 32.8 Å². The SMILES string of the molecule is C=CCNCc1nnc2n1-c1cccc(SCC)c1C(c1ccccc1Cl)=NC2. The van der Waals surface area contributed by atoms with Crippen LogP contribution in [0.1, 0.15) is 29.7 Å². The van der Waals surface area contributed by atoms with Crippen molar-refractivity contribution in [3.05, 3.63) is 82.9 Å². The average Bonchev–Trinajstić information content (AvgIpc) is 3.05. The van der Waals surface area contributed by atoms with Crippen LogP contribution in [0.2, 0.25) is 5.02 Å². The highest BCUT2D eigenvalue weighted by Gasteiger charge is 2.25. The van der Waals surface area contributed by atoms with Gasteiger partial charge in [-0.05, 0) is 24.0 Å². The summed E-state index contributed by atoms with van der Waals surface area (Å²) in [7, 11) is 0. The number of nitrogens with zero attached hydrogens (tertiary/aromatic N) is 4. The Morgan fingerprint density at radius 1 is 1.21 bits per heavy atom. The summed E-state index contributed by atoms with van der Waals surface area (Å²) in [4.78, 5) is 6.12. The minimum Gasteiger partial charge on any atom is -0.306 e. The average molecular weight is 424 g/mol. The molecule has 0 amide bonds. The first-order valence-electron chi connectivity index (χ1n) is 9.55. The Hall–Kier alpha value is -2.41. The second-order valence-corrected chi connectivity index (χ2v) is 8.23. The van der Waals surface area contributed by atoms with Gasteiger partial charge in [-0.15, -0.1) is 28.5 Å². The van der Waals surface area contributed by atoms with E-state index in [1.807, 2.05) is 30.3 Å². The number of halogens is 1. The normalized spacial score (nSPS) is 12.7. The minimum atomic E-state index is 0.444. The number of rotatable bonds is 7. The van der Waals surface area contributed by atoms with E-state index >= 15 is 0 Å². The minimum absolute atomic E-state index is 0.444. The summed E-state index contributed by atoms with van der Waals surface area (Å²) in [6.45, 7) is 7.67. The monoisotopic (exact) mass is 423 g/mol. The molecule has 1 N–H and O–H groups in total. The zero-order valence-electron chi connectivity index (χ0n) is 16.2. The van der Waals surface area contributed by atoms with E-state index in [1.54, 1.807) is 11.8 Å². The second kappa shape index (κ2) is 8.95. The number of nitrogens with one attached hydrogen (secondary N) is 1. The van der Waals surface area contributed by atoms with Crippen LogP contribution in [0.3, 0.4) is 0 Å². The van der Waals surface area contributed by atoms with Gasteiger partial charge in [0.1, 0.15) is 6.54 Å². The van der Waals surface area contributed by atoms with E-state index in [2.05, 4.69) is 51.8 Å². The zero-order valence-corrected chi connectivity index (χ0v) is 17.8. The zero-order chi connectivity index (χ0) is 20.2. The molecule has 1 aromatic heterocycles. The van der Waals surface area contributed by atoms with Crippen molar-refractivity contribution in [3.8, 4) is 5.69 Å². The highest BCUT2D eigenvalue weighted by atomic mass is 35.5. The van der Waals surface area contributed by atoms with E-state index in [-0.39, 0.29) is 0 Å². The third-order valence-electron chi connectivity index (χ3n) is 4.66. The number of aliphatic imine (C=N–C) groups is 1. The summed E-state index contributed by atoms with van der Waals surface area (Å²) >= 11 is 8.37. The summed E-state index contributed by atoms with van der Waals surface area (Å²) < 4.78 is 2.12. The lowest BCUT2D eigenvalue weighted by Gasteiger charge is -2.17. The van der Waals surface area contributed by atoms with Gasteiger partial charge >= 0.3 is 0 Å². The van der Waals surface area contributed by atoms with Gasteiger partial charge in [0.2, 0.25) is 0 Å². The first-order chi connectivity index (χ1) is 14.2. The molecule has 2 aromatic carbocycles. The van der Waals surface area contributed by atoms with Crippen molar-refractivity contribution in [1.29, 1.82) is 0 Å². The molecule has 3 aromatic rings.